The Balaban J connectivity index is 1.80. The summed E-state index contributed by atoms with van der Waals surface area (Å²) in [5.74, 6) is 0. The van der Waals surface area contributed by atoms with Crippen LogP contribution in [0.2, 0.25) is 0 Å². The van der Waals surface area contributed by atoms with Crippen LogP contribution in [-0.2, 0) is 19.3 Å². The highest BCUT2D eigenvalue weighted by molar-refractivity contribution is 5.36. The van der Waals surface area contributed by atoms with Crippen LogP contribution in [0.4, 0.5) is 0 Å². The average molecular weight is 267 g/mol. The van der Waals surface area contributed by atoms with Crippen molar-refractivity contribution in [2.75, 3.05) is 6.54 Å². The van der Waals surface area contributed by atoms with Crippen molar-refractivity contribution in [3.63, 3.8) is 0 Å². The van der Waals surface area contributed by atoms with Gasteiger partial charge in [0.2, 0.25) is 0 Å². The fraction of sp³-hybridized carbons (Fsp3) is 0.412. The van der Waals surface area contributed by atoms with Crippen molar-refractivity contribution in [2.24, 2.45) is 0 Å². The number of nitrogens with one attached hydrogen (secondary N) is 1. The smallest absolute Gasteiger partial charge is 0.115 e. The molecule has 0 saturated heterocycles. The van der Waals surface area contributed by atoms with E-state index in [0.29, 0.717) is 6.04 Å². The first-order valence-electron chi connectivity index (χ1n) is 7.46. The molecule has 3 nitrogen and oxygen atoms in total. The van der Waals surface area contributed by atoms with E-state index in [4.69, 9.17) is 0 Å². The summed E-state index contributed by atoms with van der Waals surface area (Å²) in [6, 6.07) is 7.26. The van der Waals surface area contributed by atoms with E-state index < -0.39 is 0 Å². The predicted molar refractivity (Wildman–Crippen MR) is 80.6 cm³/mol. The zero-order chi connectivity index (χ0) is 13.8. The Kier molecular flexibility index (Phi) is 4.07. The Morgan fingerprint density at radius 3 is 2.75 bits per heavy atom. The number of fused-ring (bicyclic) bond motifs is 1. The monoisotopic (exact) mass is 267 g/mol. The molecule has 2 aromatic rings. The second-order valence-corrected chi connectivity index (χ2v) is 5.44. The summed E-state index contributed by atoms with van der Waals surface area (Å²) in [6.07, 6.45) is 10.2. The lowest BCUT2D eigenvalue weighted by Crippen LogP contribution is -2.23. The van der Waals surface area contributed by atoms with Gasteiger partial charge in [0.15, 0.2) is 0 Å². The van der Waals surface area contributed by atoms with Gasteiger partial charge in [-0.15, -0.1) is 0 Å². The molecule has 0 amide bonds. The van der Waals surface area contributed by atoms with E-state index in [1.807, 2.05) is 12.4 Å². The van der Waals surface area contributed by atoms with Crippen molar-refractivity contribution in [3.8, 4) is 0 Å². The number of aryl methyl sites for hydroxylation is 2. The van der Waals surface area contributed by atoms with Gasteiger partial charge in [0.25, 0.3) is 0 Å². The lowest BCUT2D eigenvalue weighted by molar-refractivity contribution is 0.546. The topological polar surface area (TPSA) is 37.8 Å². The molecule has 104 valence electrons. The van der Waals surface area contributed by atoms with E-state index in [9.17, 15) is 0 Å². The van der Waals surface area contributed by atoms with E-state index >= 15 is 0 Å². The van der Waals surface area contributed by atoms with Gasteiger partial charge >= 0.3 is 0 Å². The minimum absolute atomic E-state index is 0.292. The summed E-state index contributed by atoms with van der Waals surface area (Å²) in [4.78, 5) is 8.27. The average Bonchev–Trinajstić information content (AvgIpc) is 2.95. The second kappa shape index (κ2) is 6.14. The van der Waals surface area contributed by atoms with Crippen molar-refractivity contribution in [1.82, 2.24) is 15.3 Å². The largest absolute Gasteiger partial charge is 0.310 e. The number of aromatic nitrogens is 2. The van der Waals surface area contributed by atoms with Gasteiger partial charge in [0, 0.05) is 24.0 Å². The SMILES string of the molecule is CCNC(Cc1ccc2c(c1)CCC2)c1cncnc1. The number of benzene rings is 1. The maximum atomic E-state index is 4.14. The first-order chi connectivity index (χ1) is 9.86. The maximum absolute atomic E-state index is 4.14. The van der Waals surface area contributed by atoms with Crippen molar-refractivity contribution in [1.29, 1.82) is 0 Å². The minimum atomic E-state index is 0.292. The van der Waals surface area contributed by atoms with Crippen LogP contribution in [-0.4, -0.2) is 16.5 Å². The lowest BCUT2D eigenvalue weighted by atomic mass is 9.98. The van der Waals surface area contributed by atoms with E-state index in [0.717, 1.165) is 18.5 Å². The number of hydrogen-bond donors (Lipinski definition) is 1. The van der Waals surface area contributed by atoms with Gasteiger partial charge in [0.1, 0.15) is 6.33 Å². The van der Waals surface area contributed by atoms with Crippen LogP contribution in [0, 0.1) is 0 Å². The number of hydrogen-bond acceptors (Lipinski definition) is 3. The molecule has 1 aliphatic carbocycles. The Hall–Kier alpha value is -1.74. The van der Waals surface area contributed by atoms with Crippen LogP contribution in [0.5, 0.6) is 0 Å². The third-order valence-electron chi connectivity index (χ3n) is 4.04. The number of nitrogens with zero attached hydrogens (tertiary/aromatic N) is 2. The van der Waals surface area contributed by atoms with E-state index in [1.54, 1.807) is 11.9 Å². The van der Waals surface area contributed by atoms with Crippen LogP contribution in [0.25, 0.3) is 0 Å². The molecule has 3 rings (SSSR count). The molecule has 3 heteroatoms. The normalized spacial score (nSPS) is 15.1. The number of likely N-dealkylation sites (N-methyl/N-ethyl adjacent to an activating group) is 1. The van der Waals surface area contributed by atoms with Crippen LogP contribution >= 0.6 is 0 Å². The molecule has 0 bridgehead atoms. The Bertz CT molecular complexity index is 566. The molecule has 1 N–H and O–H groups in total. The van der Waals surface area contributed by atoms with Gasteiger partial charge in [-0.2, -0.15) is 0 Å². The van der Waals surface area contributed by atoms with E-state index in [2.05, 4.69) is 40.4 Å². The Morgan fingerprint density at radius 1 is 1.15 bits per heavy atom. The molecule has 0 radical (unpaired) electrons. The molecule has 1 heterocycles. The summed E-state index contributed by atoms with van der Waals surface area (Å²) in [7, 11) is 0. The molecule has 1 aliphatic rings. The lowest BCUT2D eigenvalue weighted by Gasteiger charge is -2.18. The van der Waals surface area contributed by atoms with Crippen LogP contribution < -0.4 is 5.32 Å². The van der Waals surface area contributed by atoms with Crippen molar-refractivity contribution in [2.45, 2.75) is 38.6 Å². The van der Waals surface area contributed by atoms with Crippen LogP contribution in [0.15, 0.2) is 36.9 Å². The summed E-state index contributed by atoms with van der Waals surface area (Å²) in [5.41, 5.74) is 5.65. The van der Waals surface area contributed by atoms with Crippen LogP contribution in [0.1, 0.15) is 41.6 Å². The third-order valence-corrected chi connectivity index (χ3v) is 4.04. The molecule has 1 aromatic carbocycles. The molecular formula is C17H21N3. The first-order valence-corrected chi connectivity index (χ1v) is 7.46. The molecule has 20 heavy (non-hydrogen) atoms. The zero-order valence-electron chi connectivity index (χ0n) is 12.0. The Labute approximate surface area is 120 Å². The fourth-order valence-electron chi connectivity index (χ4n) is 3.03. The van der Waals surface area contributed by atoms with Gasteiger partial charge in [-0.05, 0) is 48.9 Å². The van der Waals surface area contributed by atoms with Gasteiger partial charge in [-0.1, -0.05) is 25.1 Å². The highest BCUT2D eigenvalue weighted by Gasteiger charge is 2.15. The zero-order valence-corrected chi connectivity index (χ0v) is 12.0. The third kappa shape index (κ3) is 2.88. The maximum Gasteiger partial charge on any atom is 0.115 e. The molecule has 1 atom stereocenters. The van der Waals surface area contributed by atoms with Crippen molar-refractivity contribution in [3.05, 3.63) is 59.2 Å². The minimum Gasteiger partial charge on any atom is -0.310 e. The van der Waals surface area contributed by atoms with Crippen molar-refractivity contribution < 1.29 is 0 Å². The standard InChI is InChI=1S/C17H21N3/c1-2-20-17(16-10-18-12-19-11-16)9-13-6-7-14-4-3-5-15(14)8-13/h6-8,10-12,17,20H,2-5,9H2,1H3. The Morgan fingerprint density at radius 2 is 1.95 bits per heavy atom. The first kappa shape index (κ1) is 13.3. The van der Waals surface area contributed by atoms with Crippen LogP contribution in [0.3, 0.4) is 0 Å². The van der Waals surface area contributed by atoms with Gasteiger partial charge in [-0.25, -0.2) is 9.97 Å². The number of rotatable bonds is 5. The highest BCUT2D eigenvalue weighted by atomic mass is 14.9. The summed E-state index contributed by atoms with van der Waals surface area (Å²) >= 11 is 0. The molecule has 1 aromatic heterocycles. The van der Waals surface area contributed by atoms with Gasteiger partial charge < -0.3 is 5.32 Å². The fourth-order valence-corrected chi connectivity index (χ4v) is 3.03. The molecular weight excluding hydrogens is 246 g/mol. The molecule has 0 saturated carbocycles. The van der Waals surface area contributed by atoms with Gasteiger partial charge in [0.05, 0.1) is 0 Å². The molecule has 0 spiro atoms. The summed E-state index contributed by atoms with van der Waals surface area (Å²) in [5, 5.41) is 3.54. The highest BCUT2D eigenvalue weighted by Crippen LogP contribution is 2.25. The summed E-state index contributed by atoms with van der Waals surface area (Å²) in [6.45, 7) is 3.09. The summed E-state index contributed by atoms with van der Waals surface area (Å²) < 4.78 is 0. The second-order valence-electron chi connectivity index (χ2n) is 5.44. The van der Waals surface area contributed by atoms with E-state index in [-0.39, 0.29) is 0 Å². The quantitative estimate of drug-likeness (QED) is 0.905. The molecule has 0 fully saturated rings. The van der Waals surface area contributed by atoms with Crippen molar-refractivity contribution >= 4 is 0 Å². The molecule has 1 unspecified atom stereocenters. The molecule has 0 aliphatic heterocycles. The van der Waals surface area contributed by atoms with E-state index in [1.165, 1.54) is 30.4 Å². The predicted octanol–water partition coefficient (Wildman–Crippen LogP) is 2.86. The van der Waals surface area contributed by atoms with Gasteiger partial charge in [-0.3, -0.25) is 0 Å².